The summed E-state index contributed by atoms with van der Waals surface area (Å²) in [7, 11) is 0. The number of hydrogen-bond donors (Lipinski definition) is 2. The highest BCUT2D eigenvalue weighted by Gasteiger charge is 2.49. The molecular weight excluding hydrogens is 411 g/mol. The minimum absolute atomic E-state index is 0.128. The molecule has 0 aromatic heterocycles. The molecule has 3 rings (SSSR count). The van der Waals surface area contributed by atoms with Gasteiger partial charge in [0.2, 0.25) is 5.66 Å². The molecule has 0 fully saturated rings. The molecule has 1 unspecified atom stereocenters. The number of carbonyl (C=O) groups is 1. The van der Waals surface area contributed by atoms with Gasteiger partial charge < -0.3 is 15.4 Å². The van der Waals surface area contributed by atoms with Crippen LogP contribution in [0.4, 0.5) is 15.8 Å². The maximum atomic E-state index is 14.6. The molecule has 0 bridgehead atoms. The van der Waals surface area contributed by atoms with Crippen molar-refractivity contribution in [1.29, 1.82) is 0 Å². The molecule has 0 saturated heterocycles. The number of esters is 1. The van der Waals surface area contributed by atoms with Gasteiger partial charge in [0.1, 0.15) is 11.4 Å². The van der Waals surface area contributed by atoms with Crippen LogP contribution in [-0.4, -0.2) is 11.6 Å². The van der Waals surface area contributed by atoms with E-state index in [1.165, 1.54) is 6.07 Å². The molecule has 1 atom stereocenters. The quantitative estimate of drug-likeness (QED) is 0.641. The van der Waals surface area contributed by atoms with E-state index in [1.807, 2.05) is 0 Å². The number of carbonyl (C=O) groups excluding carboxylic acids is 1. The standard InChI is InChI=1S/C18H17BrClFN2O2/c1-17(2,3)25-16(24)18(12-8-10(19)4-6-13(12)21)22-14-7-5-11(20)9-15(14)23-18/h4-9,22-23H,1-3H3. The number of ether oxygens (including phenoxy) is 1. The molecule has 1 aliphatic rings. The summed E-state index contributed by atoms with van der Waals surface area (Å²) in [5.74, 6) is -1.17. The van der Waals surface area contributed by atoms with E-state index in [9.17, 15) is 9.18 Å². The van der Waals surface area contributed by atoms with Crippen molar-refractivity contribution < 1.29 is 13.9 Å². The van der Waals surface area contributed by atoms with Gasteiger partial charge in [-0.1, -0.05) is 27.5 Å². The van der Waals surface area contributed by atoms with Crippen molar-refractivity contribution in [3.05, 3.63) is 57.3 Å². The third-order valence-corrected chi connectivity index (χ3v) is 4.39. The lowest BCUT2D eigenvalue weighted by molar-refractivity contribution is -0.159. The van der Waals surface area contributed by atoms with E-state index in [1.54, 1.807) is 51.1 Å². The highest BCUT2D eigenvalue weighted by molar-refractivity contribution is 9.10. The van der Waals surface area contributed by atoms with E-state index in [0.29, 0.717) is 20.9 Å². The third kappa shape index (κ3) is 3.46. The van der Waals surface area contributed by atoms with E-state index in [0.717, 1.165) is 0 Å². The average Bonchev–Trinajstić information content (AvgIpc) is 2.87. The lowest BCUT2D eigenvalue weighted by Crippen LogP contribution is -2.50. The number of halogens is 3. The molecule has 0 amide bonds. The molecule has 0 spiro atoms. The Bertz CT molecular complexity index is 853. The lowest BCUT2D eigenvalue weighted by atomic mass is 9.99. The summed E-state index contributed by atoms with van der Waals surface area (Å²) in [6.07, 6.45) is 0. The van der Waals surface area contributed by atoms with Gasteiger partial charge in [0, 0.05) is 15.1 Å². The van der Waals surface area contributed by atoms with Crippen LogP contribution in [0.1, 0.15) is 26.3 Å². The molecule has 4 nitrogen and oxygen atoms in total. The van der Waals surface area contributed by atoms with Crippen molar-refractivity contribution in [2.75, 3.05) is 10.6 Å². The zero-order valence-electron chi connectivity index (χ0n) is 13.9. The second-order valence-electron chi connectivity index (χ2n) is 6.82. The normalized spacial score (nSPS) is 19.0. The van der Waals surface area contributed by atoms with Crippen LogP contribution in [0, 0.1) is 5.82 Å². The first-order chi connectivity index (χ1) is 11.6. The van der Waals surface area contributed by atoms with Crippen LogP contribution in [0.15, 0.2) is 40.9 Å². The summed E-state index contributed by atoms with van der Waals surface area (Å²) in [4.78, 5) is 13.0. The first-order valence-corrected chi connectivity index (χ1v) is 8.83. The first kappa shape index (κ1) is 18.0. The Hall–Kier alpha value is -1.79. The summed E-state index contributed by atoms with van der Waals surface area (Å²) in [6.45, 7) is 5.28. The van der Waals surface area contributed by atoms with Gasteiger partial charge in [-0.3, -0.25) is 0 Å². The van der Waals surface area contributed by atoms with Gasteiger partial charge in [-0.25, -0.2) is 9.18 Å². The molecule has 1 aliphatic heterocycles. The van der Waals surface area contributed by atoms with Crippen molar-refractivity contribution in [2.24, 2.45) is 0 Å². The summed E-state index contributed by atoms with van der Waals surface area (Å²) >= 11 is 9.37. The summed E-state index contributed by atoms with van der Waals surface area (Å²) in [5.41, 5.74) is -0.966. The predicted octanol–water partition coefficient (Wildman–Crippen LogP) is 5.27. The Morgan fingerprint density at radius 3 is 2.52 bits per heavy atom. The maximum absolute atomic E-state index is 14.6. The van der Waals surface area contributed by atoms with Gasteiger partial charge in [-0.15, -0.1) is 0 Å². The molecule has 132 valence electrons. The summed E-state index contributed by atoms with van der Waals surface area (Å²) < 4.78 is 20.8. The van der Waals surface area contributed by atoms with Crippen LogP contribution in [0.2, 0.25) is 5.02 Å². The van der Waals surface area contributed by atoms with Crippen LogP contribution >= 0.6 is 27.5 Å². The fraction of sp³-hybridized carbons (Fsp3) is 0.278. The Morgan fingerprint density at radius 2 is 1.84 bits per heavy atom. The van der Waals surface area contributed by atoms with E-state index >= 15 is 0 Å². The molecule has 25 heavy (non-hydrogen) atoms. The van der Waals surface area contributed by atoms with Gasteiger partial charge in [0.25, 0.3) is 0 Å². The topological polar surface area (TPSA) is 50.4 Å². The fourth-order valence-electron chi connectivity index (χ4n) is 2.65. The first-order valence-electron chi connectivity index (χ1n) is 7.66. The highest BCUT2D eigenvalue weighted by Crippen LogP contribution is 2.43. The molecule has 0 aliphatic carbocycles. The van der Waals surface area contributed by atoms with Gasteiger partial charge in [-0.2, -0.15) is 0 Å². The monoisotopic (exact) mass is 426 g/mol. The molecule has 7 heteroatoms. The minimum Gasteiger partial charge on any atom is -0.457 e. The number of hydrogen-bond acceptors (Lipinski definition) is 4. The van der Waals surface area contributed by atoms with Crippen molar-refractivity contribution in [2.45, 2.75) is 32.0 Å². The number of rotatable bonds is 2. The zero-order valence-corrected chi connectivity index (χ0v) is 16.3. The van der Waals surface area contributed by atoms with Gasteiger partial charge in [0.05, 0.1) is 11.4 Å². The second-order valence-corrected chi connectivity index (χ2v) is 8.17. The average molecular weight is 428 g/mol. The summed E-state index contributed by atoms with van der Waals surface area (Å²) in [6, 6.07) is 9.51. The Balaban J connectivity index is 2.14. The van der Waals surface area contributed by atoms with Crippen molar-refractivity contribution >= 4 is 44.9 Å². The molecule has 0 radical (unpaired) electrons. The molecule has 0 saturated carbocycles. The van der Waals surface area contributed by atoms with Crippen molar-refractivity contribution in [1.82, 2.24) is 0 Å². The number of benzene rings is 2. The van der Waals surface area contributed by atoms with E-state index < -0.39 is 23.1 Å². The smallest absolute Gasteiger partial charge is 0.358 e. The van der Waals surface area contributed by atoms with Crippen LogP contribution < -0.4 is 10.6 Å². The number of nitrogens with one attached hydrogen (secondary N) is 2. The fourth-order valence-corrected chi connectivity index (χ4v) is 3.18. The largest absolute Gasteiger partial charge is 0.457 e. The summed E-state index contributed by atoms with van der Waals surface area (Å²) in [5, 5.41) is 6.64. The lowest BCUT2D eigenvalue weighted by Gasteiger charge is -2.32. The SMILES string of the molecule is CC(C)(C)OC(=O)C1(c2cc(Br)ccc2F)Nc2ccc(Cl)cc2N1. The molecule has 2 N–H and O–H groups in total. The van der Waals surface area contributed by atoms with E-state index in [2.05, 4.69) is 26.6 Å². The minimum atomic E-state index is -1.59. The zero-order chi connectivity index (χ0) is 18.4. The molecular formula is C18H17BrClFN2O2. The van der Waals surface area contributed by atoms with Crippen molar-refractivity contribution in [3.8, 4) is 0 Å². The van der Waals surface area contributed by atoms with Crippen LogP contribution in [0.25, 0.3) is 0 Å². The maximum Gasteiger partial charge on any atom is 0.358 e. The van der Waals surface area contributed by atoms with Gasteiger partial charge in [0.15, 0.2) is 0 Å². The van der Waals surface area contributed by atoms with Crippen LogP contribution in [0.5, 0.6) is 0 Å². The predicted molar refractivity (Wildman–Crippen MR) is 100 cm³/mol. The Labute approximate surface area is 158 Å². The van der Waals surface area contributed by atoms with Gasteiger partial charge >= 0.3 is 5.97 Å². The molecule has 2 aromatic carbocycles. The van der Waals surface area contributed by atoms with Crippen molar-refractivity contribution in [3.63, 3.8) is 0 Å². The molecule has 2 aromatic rings. The van der Waals surface area contributed by atoms with E-state index in [4.69, 9.17) is 16.3 Å². The molecule has 1 heterocycles. The van der Waals surface area contributed by atoms with Gasteiger partial charge in [-0.05, 0) is 57.2 Å². The Morgan fingerprint density at radius 1 is 1.16 bits per heavy atom. The number of fused-ring (bicyclic) bond motifs is 1. The van der Waals surface area contributed by atoms with Crippen LogP contribution in [0.3, 0.4) is 0 Å². The second kappa shape index (κ2) is 6.18. The van der Waals surface area contributed by atoms with Crippen LogP contribution in [-0.2, 0) is 15.2 Å². The van der Waals surface area contributed by atoms with E-state index in [-0.39, 0.29) is 5.56 Å². The number of anilines is 2. The Kier molecular flexibility index (Phi) is 4.45. The third-order valence-electron chi connectivity index (χ3n) is 3.66. The highest BCUT2D eigenvalue weighted by atomic mass is 79.9.